The molecule has 2 fully saturated rings. The summed E-state index contributed by atoms with van der Waals surface area (Å²) in [5, 5.41) is 23.4. The number of aliphatic hydroxyl groups excluding tert-OH is 1. The molecule has 6 N–H and O–H groups in total. The average Bonchev–Trinajstić information content (AvgIpc) is 3.42. The monoisotopic (exact) mass is 1030 g/mol. The number of nitrogens with one attached hydrogen (secondary N) is 4. The highest BCUT2D eigenvalue weighted by atomic mass is 16.6. The van der Waals surface area contributed by atoms with E-state index in [0.717, 1.165) is 69.4 Å². The molecular formula is C60H67N5O11. The molecule has 4 aromatic rings. The number of hydroxylamine groups is 2. The van der Waals surface area contributed by atoms with Gasteiger partial charge in [-0.05, 0) is 150 Å². The Morgan fingerprint density at radius 2 is 1.13 bits per heavy atom. The Hall–Kier alpha value is -7.90. The number of nitrogens with zero attached hydrogens (tertiary/aromatic N) is 1. The Bertz CT molecular complexity index is 2790. The fourth-order valence-electron chi connectivity index (χ4n) is 7.56. The van der Waals surface area contributed by atoms with E-state index in [4.69, 9.17) is 19.5 Å². The molecule has 2 aliphatic rings. The van der Waals surface area contributed by atoms with Crippen LogP contribution >= 0.6 is 0 Å². The predicted octanol–water partition coefficient (Wildman–Crippen LogP) is 5.55. The highest BCUT2D eigenvalue weighted by Gasteiger charge is 2.31. The summed E-state index contributed by atoms with van der Waals surface area (Å²) in [4.78, 5) is 76.9. The highest BCUT2D eigenvalue weighted by Crippen LogP contribution is 2.21. The number of benzene rings is 4. The van der Waals surface area contributed by atoms with Crippen LogP contribution in [0.2, 0.25) is 0 Å². The van der Waals surface area contributed by atoms with E-state index >= 15 is 0 Å². The topological polar surface area (TPSA) is 222 Å². The van der Waals surface area contributed by atoms with Gasteiger partial charge in [0.1, 0.15) is 24.7 Å². The molecule has 4 atom stereocenters. The number of aliphatic hydroxyl groups is 1. The minimum atomic E-state index is -1.28. The van der Waals surface area contributed by atoms with Crippen molar-refractivity contribution >= 4 is 36.2 Å². The minimum Gasteiger partial charge on any atom is -0.391 e. The number of amides is 4. The quantitative estimate of drug-likeness (QED) is 0.0396. The lowest BCUT2D eigenvalue weighted by atomic mass is 9.91. The highest BCUT2D eigenvalue weighted by molar-refractivity contribution is 5.98. The molecule has 1 saturated carbocycles. The Balaban J connectivity index is 0.000000286. The number of rotatable bonds is 14. The standard InChI is InChI=1S/C27H28N2O5.C26H27N3O5.C7H12O/c1-19(34-27(2,3)4)24(26(32)29-33-5)28-25(31)23-16-14-21(15-17-23)9-7-6-8-20-10-12-22(18-30)13-11-20;1-19(30)24(26(32)28-33)27-25(31)23-12-10-21(11-13-23)5-3-2-4-20-6-8-22(9-7-20)18-29-14-16-34-17-15-29;8-6-7-4-2-1-3-5-7/h10-19,24H,1-5H3,(H,28,31)(H,29,32);6-13,19,24,30,33H,14-18H2,1H3,(H,27,31)(H,28,32);6-7H,1-5H2/t2*19-,24+;/m11./s1. The molecule has 4 amide bonds. The van der Waals surface area contributed by atoms with Crippen molar-refractivity contribution in [1.82, 2.24) is 26.5 Å². The molecule has 6 rings (SSSR count). The zero-order valence-corrected chi connectivity index (χ0v) is 43.9. The fraction of sp³-hybridized carbons (Fsp3) is 0.367. The molecule has 0 radical (unpaired) electrons. The summed E-state index contributed by atoms with van der Waals surface area (Å²) in [5.74, 6) is 20.9. The van der Waals surface area contributed by atoms with E-state index in [1.807, 2.05) is 32.9 Å². The molecule has 0 bridgehead atoms. The number of hydrogen-bond donors (Lipinski definition) is 6. The molecule has 16 nitrogen and oxygen atoms in total. The molecule has 4 aromatic carbocycles. The summed E-state index contributed by atoms with van der Waals surface area (Å²) in [6.45, 7) is 13.0. The Morgan fingerprint density at radius 3 is 1.53 bits per heavy atom. The second-order valence-corrected chi connectivity index (χ2v) is 18.7. The smallest absolute Gasteiger partial charge is 0.268 e. The molecule has 1 saturated heterocycles. The van der Waals surface area contributed by atoms with E-state index in [0.29, 0.717) is 28.2 Å². The largest absolute Gasteiger partial charge is 0.391 e. The molecule has 1 aliphatic heterocycles. The Kier molecular flexibility index (Phi) is 25.9. The van der Waals surface area contributed by atoms with Crippen LogP contribution in [0.3, 0.4) is 0 Å². The van der Waals surface area contributed by atoms with Crippen LogP contribution in [0, 0.1) is 53.3 Å². The predicted molar refractivity (Wildman–Crippen MR) is 287 cm³/mol. The molecular weight excluding hydrogens is 967 g/mol. The summed E-state index contributed by atoms with van der Waals surface area (Å²) in [7, 11) is 1.32. The molecule has 1 heterocycles. The molecule has 0 spiro atoms. The fourth-order valence-corrected chi connectivity index (χ4v) is 7.56. The second kappa shape index (κ2) is 32.4. The third-order valence-corrected chi connectivity index (χ3v) is 11.5. The van der Waals surface area contributed by atoms with Gasteiger partial charge < -0.3 is 30.0 Å². The van der Waals surface area contributed by atoms with Crippen LogP contribution in [0.4, 0.5) is 0 Å². The lowest BCUT2D eigenvalue weighted by Gasteiger charge is -2.30. The summed E-state index contributed by atoms with van der Waals surface area (Å²) in [5.41, 5.74) is 8.62. The first-order valence-electron chi connectivity index (χ1n) is 24.9. The molecule has 16 heteroatoms. The Morgan fingerprint density at radius 1 is 0.684 bits per heavy atom. The average molecular weight is 1030 g/mol. The van der Waals surface area contributed by atoms with Crippen LogP contribution in [0.1, 0.15) is 126 Å². The van der Waals surface area contributed by atoms with Gasteiger partial charge in [-0.2, -0.15) is 0 Å². The third kappa shape index (κ3) is 22.3. The van der Waals surface area contributed by atoms with E-state index in [-0.39, 0.29) is 5.56 Å². The van der Waals surface area contributed by atoms with Crippen LogP contribution in [0.5, 0.6) is 0 Å². The van der Waals surface area contributed by atoms with E-state index in [9.17, 15) is 33.9 Å². The van der Waals surface area contributed by atoms with Gasteiger partial charge in [0, 0.05) is 64.5 Å². The van der Waals surface area contributed by atoms with Gasteiger partial charge in [-0.25, -0.2) is 11.0 Å². The summed E-state index contributed by atoms with van der Waals surface area (Å²) >= 11 is 0. The van der Waals surface area contributed by atoms with E-state index in [1.54, 1.807) is 79.7 Å². The van der Waals surface area contributed by atoms with Crippen LogP contribution in [0.25, 0.3) is 0 Å². The normalized spacial score (nSPS) is 14.6. The first kappa shape index (κ1) is 60.7. The second-order valence-electron chi connectivity index (χ2n) is 18.7. The number of carbonyl (C=O) groups is 6. The van der Waals surface area contributed by atoms with Gasteiger partial charge in [0.2, 0.25) is 0 Å². The zero-order chi connectivity index (χ0) is 55.3. The minimum absolute atomic E-state index is 0.283. The van der Waals surface area contributed by atoms with Gasteiger partial charge >= 0.3 is 0 Å². The van der Waals surface area contributed by atoms with Gasteiger partial charge in [-0.15, -0.1) is 0 Å². The molecule has 1 aliphatic carbocycles. The third-order valence-electron chi connectivity index (χ3n) is 11.5. The van der Waals surface area contributed by atoms with Gasteiger partial charge in [-0.3, -0.25) is 38.9 Å². The van der Waals surface area contributed by atoms with Crippen LogP contribution in [-0.4, -0.2) is 115 Å². The van der Waals surface area contributed by atoms with E-state index in [2.05, 4.69) is 80.5 Å². The van der Waals surface area contributed by atoms with Crippen LogP contribution < -0.4 is 21.6 Å². The van der Waals surface area contributed by atoms with Crippen molar-refractivity contribution in [1.29, 1.82) is 0 Å². The number of ether oxygens (including phenoxy) is 2. The van der Waals surface area contributed by atoms with Crippen molar-refractivity contribution in [3.8, 4) is 47.4 Å². The first-order valence-corrected chi connectivity index (χ1v) is 24.9. The van der Waals surface area contributed by atoms with Crippen molar-refractivity contribution in [2.45, 2.75) is 103 Å². The van der Waals surface area contributed by atoms with Gasteiger partial charge in [0.05, 0.1) is 38.1 Å². The lowest BCUT2D eigenvalue weighted by Crippen LogP contribution is -2.54. The summed E-state index contributed by atoms with van der Waals surface area (Å²) < 4.78 is 11.2. The summed E-state index contributed by atoms with van der Waals surface area (Å²) in [6.07, 6.45) is 6.26. The maximum absolute atomic E-state index is 12.7. The maximum Gasteiger partial charge on any atom is 0.268 e. The van der Waals surface area contributed by atoms with Crippen molar-refractivity contribution < 1.29 is 53.4 Å². The van der Waals surface area contributed by atoms with Crippen molar-refractivity contribution in [3.63, 3.8) is 0 Å². The van der Waals surface area contributed by atoms with Gasteiger partial charge in [0.15, 0.2) is 0 Å². The van der Waals surface area contributed by atoms with Crippen molar-refractivity contribution in [3.05, 3.63) is 142 Å². The molecule has 0 aromatic heterocycles. The van der Waals surface area contributed by atoms with Gasteiger partial charge in [0.25, 0.3) is 23.6 Å². The molecule has 76 heavy (non-hydrogen) atoms. The number of hydrogen-bond acceptors (Lipinski definition) is 12. The van der Waals surface area contributed by atoms with Crippen LogP contribution in [-0.2, 0) is 35.2 Å². The number of aldehydes is 2. The van der Waals surface area contributed by atoms with E-state index < -0.39 is 53.5 Å². The SMILES string of the molecule is CONC(=O)[C@@H](NC(=O)c1ccc(C#CC#Cc2ccc(C=O)cc2)cc1)[C@@H](C)OC(C)(C)C.C[C@@H](O)[C@H](NC(=O)c1ccc(C#CC#Cc2ccc(CN3CCOCC3)cc2)cc1)C(=O)NO.O=CC1CCCCC1. The summed E-state index contributed by atoms with van der Waals surface area (Å²) in [6, 6.07) is 25.8. The van der Waals surface area contributed by atoms with Crippen LogP contribution in [0.15, 0.2) is 97.1 Å². The van der Waals surface area contributed by atoms with Gasteiger partial charge in [-0.1, -0.05) is 67.2 Å². The lowest BCUT2D eigenvalue weighted by molar-refractivity contribution is -0.140. The van der Waals surface area contributed by atoms with Crippen molar-refractivity contribution in [2.75, 3.05) is 33.4 Å². The maximum atomic E-state index is 12.7. The van der Waals surface area contributed by atoms with Crippen molar-refractivity contribution in [2.24, 2.45) is 5.92 Å². The Labute approximate surface area is 446 Å². The molecule has 398 valence electrons. The number of morpholine rings is 1. The molecule has 0 unspecified atom stereocenters. The van der Waals surface area contributed by atoms with E-state index in [1.165, 1.54) is 44.3 Å². The first-order chi connectivity index (χ1) is 36.5. The zero-order valence-electron chi connectivity index (χ0n) is 43.9. The number of carbonyl (C=O) groups excluding carboxylic acids is 6.